The summed E-state index contributed by atoms with van der Waals surface area (Å²) < 4.78 is 4.90. The molecule has 0 bridgehead atoms. The third-order valence-electron chi connectivity index (χ3n) is 1.91. The van der Waals surface area contributed by atoms with E-state index < -0.39 is 9.03 Å². The number of ketones is 2. The molecule has 1 aromatic carbocycles. The fraction of sp³-hybridized carbons (Fsp3) is 0.200. The van der Waals surface area contributed by atoms with E-state index in [-0.39, 0.29) is 22.9 Å². The molecule has 0 heterocycles. The Balaban J connectivity index is 3.34. The standard InChI is InChI=1S/C10H11O4P/c1-6(11)8-4-3-5-9(14-15-13)10(8)7(2)12/h3-5,13,15H,1-2H3. The van der Waals surface area contributed by atoms with Gasteiger partial charge in [0.2, 0.25) is 9.03 Å². The van der Waals surface area contributed by atoms with Gasteiger partial charge in [0.25, 0.3) is 0 Å². The van der Waals surface area contributed by atoms with Gasteiger partial charge in [-0.3, -0.25) is 9.59 Å². The van der Waals surface area contributed by atoms with E-state index in [0.717, 1.165) is 0 Å². The van der Waals surface area contributed by atoms with Crippen molar-refractivity contribution in [3.05, 3.63) is 29.3 Å². The van der Waals surface area contributed by atoms with Gasteiger partial charge < -0.3 is 9.42 Å². The Morgan fingerprint density at radius 2 is 1.93 bits per heavy atom. The van der Waals surface area contributed by atoms with Crippen molar-refractivity contribution in [2.75, 3.05) is 0 Å². The molecule has 0 aromatic heterocycles. The normalized spacial score (nSPS) is 10.6. The second kappa shape index (κ2) is 5.01. The molecule has 0 aliphatic heterocycles. The molecule has 0 spiro atoms. The molecule has 0 saturated heterocycles. The van der Waals surface area contributed by atoms with Gasteiger partial charge in [0.15, 0.2) is 11.6 Å². The molecule has 1 rings (SSSR count). The van der Waals surface area contributed by atoms with Crippen molar-refractivity contribution in [1.29, 1.82) is 0 Å². The minimum Gasteiger partial charge on any atom is -0.449 e. The van der Waals surface area contributed by atoms with Crippen LogP contribution in [-0.4, -0.2) is 16.5 Å². The highest BCUT2D eigenvalue weighted by Gasteiger charge is 2.16. The molecular weight excluding hydrogens is 215 g/mol. The first-order valence-electron chi connectivity index (χ1n) is 4.28. The lowest BCUT2D eigenvalue weighted by Crippen LogP contribution is -2.05. The second-order valence-electron chi connectivity index (χ2n) is 2.98. The lowest BCUT2D eigenvalue weighted by molar-refractivity contribution is 0.0979. The largest absolute Gasteiger partial charge is 0.449 e. The summed E-state index contributed by atoms with van der Waals surface area (Å²) in [5, 5.41) is 0. The quantitative estimate of drug-likeness (QED) is 0.629. The number of rotatable bonds is 4. The molecule has 4 nitrogen and oxygen atoms in total. The molecule has 80 valence electrons. The Kier molecular flexibility index (Phi) is 3.95. The van der Waals surface area contributed by atoms with Gasteiger partial charge in [-0.15, -0.1) is 0 Å². The van der Waals surface area contributed by atoms with Crippen LogP contribution in [0.1, 0.15) is 34.6 Å². The average molecular weight is 226 g/mol. The Morgan fingerprint density at radius 3 is 2.40 bits per heavy atom. The summed E-state index contributed by atoms with van der Waals surface area (Å²) >= 11 is 0. The van der Waals surface area contributed by atoms with Gasteiger partial charge in [0, 0.05) is 5.56 Å². The van der Waals surface area contributed by atoms with Crippen molar-refractivity contribution in [1.82, 2.24) is 0 Å². The predicted molar refractivity (Wildman–Crippen MR) is 57.6 cm³/mol. The Morgan fingerprint density at radius 1 is 1.27 bits per heavy atom. The van der Waals surface area contributed by atoms with Crippen molar-refractivity contribution >= 4 is 20.6 Å². The van der Waals surface area contributed by atoms with Crippen molar-refractivity contribution in [3.8, 4) is 5.75 Å². The summed E-state index contributed by atoms with van der Waals surface area (Å²) in [7, 11) is -0.749. The van der Waals surface area contributed by atoms with E-state index in [1.807, 2.05) is 0 Å². The van der Waals surface area contributed by atoms with E-state index in [1.165, 1.54) is 13.8 Å². The van der Waals surface area contributed by atoms with Crippen LogP contribution < -0.4 is 4.52 Å². The zero-order chi connectivity index (χ0) is 11.4. The van der Waals surface area contributed by atoms with Gasteiger partial charge in [0.05, 0.1) is 5.56 Å². The molecular formula is C10H11O4P. The Bertz CT molecular complexity index is 400. The molecule has 0 aliphatic carbocycles. The summed E-state index contributed by atoms with van der Waals surface area (Å²) in [6, 6.07) is 4.72. The minimum atomic E-state index is -0.749. The van der Waals surface area contributed by atoms with Crippen molar-refractivity contribution in [2.45, 2.75) is 13.8 Å². The maximum Gasteiger partial charge on any atom is 0.212 e. The van der Waals surface area contributed by atoms with Crippen LogP contribution >= 0.6 is 9.03 Å². The van der Waals surface area contributed by atoms with Crippen LogP contribution in [0.3, 0.4) is 0 Å². The summed E-state index contributed by atoms with van der Waals surface area (Å²) in [5.74, 6) is -0.211. The highest BCUT2D eigenvalue weighted by Crippen LogP contribution is 2.27. The number of carbonyl (C=O) groups is 2. The first-order valence-corrected chi connectivity index (χ1v) is 5.14. The zero-order valence-corrected chi connectivity index (χ0v) is 9.40. The molecule has 1 unspecified atom stereocenters. The molecule has 0 radical (unpaired) electrons. The molecule has 5 heteroatoms. The zero-order valence-electron chi connectivity index (χ0n) is 8.40. The maximum absolute atomic E-state index is 11.4. The third-order valence-corrected chi connectivity index (χ3v) is 2.22. The van der Waals surface area contributed by atoms with E-state index in [9.17, 15) is 9.59 Å². The topological polar surface area (TPSA) is 63.6 Å². The van der Waals surface area contributed by atoms with E-state index in [1.54, 1.807) is 18.2 Å². The summed E-state index contributed by atoms with van der Waals surface area (Å²) in [6.07, 6.45) is 0. The fourth-order valence-electron chi connectivity index (χ4n) is 1.32. The van der Waals surface area contributed by atoms with Crippen molar-refractivity contribution < 1.29 is 19.0 Å². The van der Waals surface area contributed by atoms with E-state index in [2.05, 4.69) is 0 Å². The van der Waals surface area contributed by atoms with Gasteiger partial charge in [-0.05, 0) is 19.9 Å². The molecule has 15 heavy (non-hydrogen) atoms. The fourth-order valence-corrected chi connectivity index (χ4v) is 1.59. The number of hydrogen-bond donors (Lipinski definition) is 1. The van der Waals surface area contributed by atoms with Crippen LogP contribution in [0.2, 0.25) is 0 Å². The molecule has 0 amide bonds. The highest BCUT2D eigenvalue weighted by atomic mass is 31.1. The van der Waals surface area contributed by atoms with E-state index in [0.29, 0.717) is 5.56 Å². The molecule has 1 aromatic rings. The smallest absolute Gasteiger partial charge is 0.212 e. The van der Waals surface area contributed by atoms with Crippen LogP contribution in [0.25, 0.3) is 0 Å². The summed E-state index contributed by atoms with van der Waals surface area (Å²) in [6.45, 7) is 2.74. The average Bonchev–Trinajstić information content (AvgIpc) is 2.17. The second-order valence-corrected chi connectivity index (χ2v) is 3.37. The highest BCUT2D eigenvalue weighted by molar-refractivity contribution is 7.25. The van der Waals surface area contributed by atoms with E-state index in [4.69, 9.17) is 9.42 Å². The van der Waals surface area contributed by atoms with Gasteiger partial charge in [-0.2, -0.15) is 0 Å². The number of hydrogen-bond acceptors (Lipinski definition) is 4. The molecule has 1 N–H and O–H groups in total. The minimum absolute atomic E-state index is 0.202. The third kappa shape index (κ3) is 2.61. The van der Waals surface area contributed by atoms with Crippen molar-refractivity contribution in [2.24, 2.45) is 0 Å². The number of carbonyl (C=O) groups excluding carboxylic acids is 2. The molecule has 0 aliphatic rings. The van der Waals surface area contributed by atoms with Crippen LogP contribution in [-0.2, 0) is 0 Å². The van der Waals surface area contributed by atoms with Gasteiger partial charge >= 0.3 is 0 Å². The van der Waals surface area contributed by atoms with Crippen LogP contribution in [0.5, 0.6) is 5.75 Å². The predicted octanol–water partition coefficient (Wildman–Crippen LogP) is 1.97. The van der Waals surface area contributed by atoms with Gasteiger partial charge in [-0.1, -0.05) is 12.1 Å². The first kappa shape index (κ1) is 11.8. The van der Waals surface area contributed by atoms with Crippen LogP contribution in [0.4, 0.5) is 0 Å². The SMILES string of the molecule is CC(=O)c1cccc(OPO)c1C(C)=O. The van der Waals surface area contributed by atoms with Gasteiger partial charge in [-0.25, -0.2) is 0 Å². The molecule has 0 fully saturated rings. The summed E-state index contributed by atoms with van der Waals surface area (Å²) in [5.41, 5.74) is 0.546. The van der Waals surface area contributed by atoms with Gasteiger partial charge in [0.1, 0.15) is 5.75 Å². The monoisotopic (exact) mass is 226 g/mol. The van der Waals surface area contributed by atoms with Crippen molar-refractivity contribution in [3.63, 3.8) is 0 Å². The lowest BCUT2D eigenvalue weighted by atomic mass is 10.0. The molecule has 0 saturated carbocycles. The Labute approximate surface area is 89.2 Å². The number of benzene rings is 1. The summed E-state index contributed by atoms with van der Waals surface area (Å²) in [4.78, 5) is 31.3. The Hall–Kier alpha value is -1.25. The van der Waals surface area contributed by atoms with E-state index >= 15 is 0 Å². The molecule has 1 atom stereocenters. The lowest BCUT2D eigenvalue weighted by Gasteiger charge is -2.09. The first-order chi connectivity index (χ1) is 7.07. The maximum atomic E-state index is 11.4. The van der Waals surface area contributed by atoms with Crippen LogP contribution in [0, 0.1) is 0 Å². The number of Topliss-reactive ketones (excluding diaryl/α,β-unsaturated/α-hetero) is 2. The van der Waals surface area contributed by atoms with Crippen LogP contribution in [0.15, 0.2) is 18.2 Å².